The van der Waals surface area contributed by atoms with Crippen LogP contribution in [0.3, 0.4) is 0 Å². The third kappa shape index (κ3) is 3.18. The van der Waals surface area contributed by atoms with Gasteiger partial charge in [-0.25, -0.2) is 4.98 Å². The molecule has 2 aromatic heterocycles. The minimum Gasteiger partial charge on any atom is -0.336 e. The fourth-order valence-electron chi connectivity index (χ4n) is 3.30. The molecule has 2 aromatic rings. The van der Waals surface area contributed by atoms with Crippen LogP contribution in [0.2, 0.25) is 0 Å². The Morgan fingerprint density at radius 2 is 2.19 bits per heavy atom. The molecule has 0 radical (unpaired) electrons. The van der Waals surface area contributed by atoms with Crippen molar-refractivity contribution in [1.82, 2.24) is 24.6 Å². The summed E-state index contributed by atoms with van der Waals surface area (Å²) in [5, 5.41) is 8.34. The third-order valence-electron chi connectivity index (χ3n) is 4.44. The fraction of sp³-hybridized carbons (Fsp3) is 0.625. The van der Waals surface area contributed by atoms with Gasteiger partial charge in [-0.2, -0.15) is 5.10 Å². The molecule has 5 heteroatoms. The first-order valence-electron chi connectivity index (χ1n) is 8.01. The first-order chi connectivity index (χ1) is 10.3. The summed E-state index contributed by atoms with van der Waals surface area (Å²) in [6, 6.07) is 3.06. The van der Waals surface area contributed by atoms with Gasteiger partial charge in [-0.05, 0) is 25.5 Å². The lowest BCUT2D eigenvalue weighted by molar-refractivity contribution is 0.455. The molecule has 1 aliphatic rings. The van der Waals surface area contributed by atoms with Crippen LogP contribution in [0.25, 0.3) is 0 Å². The molecular weight excluding hydrogens is 262 g/mol. The van der Waals surface area contributed by atoms with Gasteiger partial charge in [0.15, 0.2) is 0 Å². The van der Waals surface area contributed by atoms with Crippen molar-refractivity contribution in [1.29, 1.82) is 0 Å². The first kappa shape index (κ1) is 14.3. The van der Waals surface area contributed by atoms with Crippen LogP contribution in [-0.2, 0) is 13.5 Å². The maximum atomic E-state index is 4.80. The number of aromatic nitrogens is 4. The SMILES string of the molecule is CCNC(Cc1ccn(C2CCCC2)n1)c1cncn1C. The monoisotopic (exact) mass is 287 g/mol. The van der Waals surface area contributed by atoms with Crippen molar-refractivity contribution in [3.8, 4) is 0 Å². The van der Waals surface area contributed by atoms with Crippen molar-refractivity contribution < 1.29 is 0 Å². The quantitative estimate of drug-likeness (QED) is 0.888. The number of rotatable bonds is 6. The van der Waals surface area contributed by atoms with E-state index < -0.39 is 0 Å². The minimum atomic E-state index is 0.273. The average molecular weight is 287 g/mol. The number of likely N-dealkylation sites (N-methyl/N-ethyl adjacent to an activating group) is 1. The molecule has 0 aromatic carbocycles. The van der Waals surface area contributed by atoms with Crippen LogP contribution in [0.5, 0.6) is 0 Å². The summed E-state index contributed by atoms with van der Waals surface area (Å²) in [4.78, 5) is 4.23. The van der Waals surface area contributed by atoms with Gasteiger partial charge in [-0.3, -0.25) is 4.68 Å². The lowest BCUT2D eigenvalue weighted by Crippen LogP contribution is -2.25. The molecule has 1 N–H and O–H groups in total. The highest BCUT2D eigenvalue weighted by atomic mass is 15.3. The van der Waals surface area contributed by atoms with E-state index in [0.717, 1.165) is 18.7 Å². The lowest BCUT2D eigenvalue weighted by Gasteiger charge is -2.17. The molecule has 0 saturated heterocycles. The summed E-state index contributed by atoms with van der Waals surface area (Å²) in [5.41, 5.74) is 2.38. The molecule has 1 aliphatic carbocycles. The predicted molar refractivity (Wildman–Crippen MR) is 83.1 cm³/mol. The number of imidazole rings is 1. The zero-order chi connectivity index (χ0) is 14.7. The van der Waals surface area contributed by atoms with Crippen LogP contribution in [0.4, 0.5) is 0 Å². The van der Waals surface area contributed by atoms with Crippen molar-refractivity contribution >= 4 is 0 Å². The van der Waals surface area contributed by atoms with E-state index in [1.807, 2.05) is 19.6 Å². The maximum Gasteiger partial charge on any atom is 0.0946 e. The van der Waals surface area contributed by atoms with E-state index >= 15 is 0 Å². The molecule has 21 heavy (non-hydrogen) atoms. The smallest absolute Gasteiger partial charge is 0.0946 e. The molecular formula is C16H25N5. The van der Waals surface area contributed by atoms with Crippen molar-refractivity contribution in [2.75, 3.05) is 6.54 Å². The lowest BCUT2D eigenvalue weighted by atomic mass is 10.1. The second-order valence-corrected chi connectivity index (χ2v) is 5.97. The Morgan fingerprint density at radius 3 is 2.86 bits per heavy atom. The van der Waals surface area contributed by atoms with Crippen molar-refractivity contribution in [2.45, 2.75) is 51.1 Å². The van der Waals surface area contributed by atoms with E-state index in [9.17, 15) is 0 Å². The van der Waals surface area contributed by atoms with Crippen LogP contribution < -0.4 is 5.32 Å². The summed E-state index contributed by atoms with van der Waals surface area (Å²) in [6.45, 7) is 3.08. The van der Waals surface area contributed by atoms with Crippen LogP contribution in [0, 0.1) is 0 Å². The Kier molecular flexibility index (Phi) is 4.39. The average Bonchev–Trinajstić information content (AvgIpc) is 3.18. The number of nitrogens with zero attached hydrogens (tertiary/aromatic N) is 4. The summed E-state index contributed by atoms with van der Waals surface area (Å²) >= 11 is 0. The van der Waals surface area contributed by atoms with Gasteiger partial charge in [0.2, 0.25) is 0 Å². The van der Waals surface area contributed by atoms with E-state index in [1.54, 1.807) is 0 Å². The summed E-state index contributed by atoms with van der Waals surface area (Å²) < 4.78 is 4.26. The summed E-state index contributed by atoms with van der Waals surface area (Å²) in [5.74, 6) is 0. The zero-order valence-electron chi connectivity index (χ0n) is 13.0. The Balaban J connectivity index is 1.72. The van der Waals surface area contributed by atoms with Crippen LogP contribution >= 0.6 is 0 Å². The van der Waals surface area contributed by atoms with Crippen LogP contribution in [0.1, 0.15) is 56.1 Å². The molecule has 1 saturated carbocycles. The number of aryl methyl sites for hydroxylation is 1. The highest BCUT2D eigenvalue weighted by Gasteiger charge is 2.19. The van der Waals surface area contributed by atoms with Gasteiger partial charge >= 0.3 is 0 Å². The minimum absolute atomic E-state index is 0.273. The van der Waals surface area contributed by atoms with Crippen molar-refractivity contribution in [3.63, 3.8) is 0 Å². The third-order valence-corrected chi connectivity index (χ3v) is 4.44. The Morgan fingerprint density at radius 1 is 1.38 bits per heavy atom. The second kappa shape index (κ2) is 6.43. The topological polar surface area (TPSA) is 47.7 Å². The van der Waals surface area contributed by atoms with Gasteiger partial charge < -0.3 is 9.88 Å². The molecule has 5 nitrogen and oxygen atoms in total. The standard InChI is InChI=1S/C16H25N5/c1-3-18-15(16-11-17-12-20(16)2)10-13-8-9-21(19-13)14-6-4-5-7-14/h8-9,11-12,14-15,18H,3-7,10H2,1-2H3. The summed E-state index contributed by atoms with van der Waals surface area (Å²) in [6.07, 6.45) is 12.1. The molecule has 1 fully saturated rings. The molecule has 0 spiro atoms. The molecule has 0 aliphatic heterocycles. The van der Waals surface area contributed by atoms with E-state index in [2.05, 4.69) is 38.7 Å². The van der Waals surface area contributed by atoms with Gasteiger partial charge in [0.1, 0.15) is 0 Å². The Hall–Kier alpha value is -1.62. The molecule has 114 valence electrons. The highest BCUT2D eigenvalue weighted by Crippen LogP contribution is 2.29. The zero-order valence-corrected chi connectivity index (χ0v) is 13.0. The van der Waals surface area contributed by atoms with Crippen LogP contribution in [-0.4, -0.2) is 25.9 Å². The Bertz CT molecular complexity index is 565. The van der Waals surface area contributed by atoms with E-state index in [0.29, 0.717) is 6.04 Å². The number of hydrogen-bond donors (Lipinski definition) is 1. The summed E-state index contributed by atoms with van der Waals surface area (Å²) in [7, 11) is 2.05. The van der Waals surface area contributed by atoms with Crippen LogP contribution in [0.15, 0.2) is 24.8 Å². The van der Waals surface area contributed by atoms with Crippen molar-refractivity contribution in [3.05, 3.63) is 36.2 Å². The molecule has 2 heterocycles. The fourth-order valence-corrected chi connectivity index (χ4v) is 3.30. The first-order valence-corrected chi connectivity index (χ1v) is 8.01. The van der Waals surface area contributed by atoms with Gasteiger partial charge in [-0.15, -0.1) is 0 Å². The molecule has 0 bridgehead atoms. The molecule has 1 atom stereocenters. The largest absolute Gasteiger partial charge is 0.336 e. The van der Waals surface area contributed by atoms with E-state index in [-0.39, 0.29) is 6.04 Å². The van der Waals surface area contributed by atoms with Gasteiger partial charge in [0.05, 0.1) is 29.8 Å². The second-order valence-electron chi connectivity index (χ2n) is 5.97. The normalized spacial score (nSPS) is 17.4. The Labute approximate surface area is 126 Å². The van der Waals surface area contributed by atoms with Gasteiger partial charge in [0.25, 0.3) is 0 Å². The van der Waals surface area contributed by atoms with Crippen molar-refractivity contribution in [2.24, 2.45) is 7.05 Å². The maximum absolute atomic E-state index is 4.80. The molecule has 3 rings (SSSR count). The number of nitrogens with one attached hydrogen (secondary N) is 1. The predicted octanol–water partition coefficient (Wildman–Crippen LogP) is 2.63. The molecule has 0 amide bonds. The van der Waals surface area contributed by atoms with E-state index in [4.69, 9.17) is 5.10 Å². The van der Waals surface area contributed by atoms with E-state index in [1.165, 1.54) is 31.4 Å². The number of hydrogen-bond acceptors (Lipinski definition) is 3. The molecule has 1 unspecified atom stereocenters. The van der Waals surface area contributed by atoms with Gasteiger partial charge in [0, 0.05) is 25.9 Å². The van der Waals surface area contributed by atoms with Gasteiger partial charge in [-0.1, -0.05) is 19.8 Å². The highest BCUT2D eigenvalue weighted by molar-refractivity contribution is 5.11.